The van der Waals surface area contributed by atoms with E-state index in [1.54, 1.807) is 48.5 Å². The van der Waals surface area contributed by atoms with E-state index in [2.05, 4.69) is 0 Å². The van der Waals surface area contributed by atoms with Gasteiger partial charge >= 0.3 is 8.25 Å². The van der Waals surface area contributed by atoms with E-state index in [4.69, 9.17) is 9.05 Å². The highest BCUT2D eigenvalue weighted by atomic mass is 31.1. The Morgan fingerprint density at radius 1 is 0.722 bits per heavy atom. The second kappa shape index (κ2) is 8.23. The first-order valence-electron chi connectivity index (χ1n) is 4.78. The van der Waals surface area contributed by atoms with Gasteiger partial charge in [-0.1, -0.05) is 43.8 Å². The summed E-state index contributed by atoms with van der Waals surface area (Å²) in [5.74, 6) is 1.05. The Bertz CT molecular complexity index is 419. The summed E-state index contributed by atoms with van der Waals surface area (Å²) >= 11 is 0. The molecule has 3 N–H and O–H groups in total. The quantitative estimate of drug-likeness (QED) is 0.821. The fourth-order valence-electron chi connectivity index (χ4n) is 1.15. The summed E-state index contributed by atoms with van der Waals surface area (Å²) in [6.45, 7) is 0. The van der Waals surface area contributed by atoms with Crippen LogP contribution < -0.4 is 15.2 Å². The standard InChI is InChI=1S/C12H10O3P.CH4.H3N/c13-16(14-11-7-3-1-4-8-11)15-12-9-5-2-6-10-12;;/h1-10H;1H4;1H3/q+1;;. The van der Waals surface area contributed by atoms with Gasteiger partial charge in [0.2, 0.25) is 0 Å². The molecule has 4 nitrogen and oxygen atoms in total. The lowest BCUT2D eigenvalue weighted by atomic mass is 10.3. The maximum absolute atomic E-state index is 11.5. The number of benzene rings is 2. The molecule has 0 aromatic heterocycles. The van der Waals surface area contributed by atoms with Crippen LogP contribution in [-0.2, 0) is 4.57 Å². The molecule has 0 bridgehead atoms. The Kier molecular flexibility index (Phi) is 7.36. The van der Waals surface area contributed by atoms with Crippen molar-refractivity contribution in [3.8, 4) is 11.5 Å². The van der Waals surface area contributed by atoms with Gasteiger partial charge in [0.1, 0.15) is 0 Å². The van der Waals surface area contributed by atoms with Gasteiger partial charge in [0.05, 0.1) is 0 Å². The highest BCUT2D eigenvalue weighted by Gasteiger charge is 2.23. The highest BCUT2D eigenvalue weighted by molar-refractivity contribution is 7.34. The molecule has 0 radical (unpaired) electrons. The molecule has 96 valence electrons. The zero-order valence-electron chi connectivity index (χ0n) is 9.15. The van der Waals surface area contributed by atoms with E-state index < -0.39 is 8.25 Å². The molecule has 0 saturated carbocycles. The molecule has 0 saturated heterocycles. The van der Waals surface area contributed by atoms with Crippen molar-refractivity contribution in [3.63, 3.8) is 0 Å². The SMILES string of the molecule is C.N.O=[P+](Oc1ccccc1)Oc1ccccc1. The molecule has 0 spiro atoms. The molecule has 0 aliphatic carbocycles. The molecular formula is C13H17NO3P+. The summed E-state index contributed by atoms with van der Waals surface area (Å²) in [7, 11) is -2.18. The van der Waals surface area contributed by atoms with Crippen LogP contribution in [0.5, 0.6) is 11.5 Å². The van der Waals surface area contributed by atoms with Crippen molar-refractivity contribution in [2.45, 2.75) is 7.43 Å². The molecule has 2 rings (SSSR count). The average Bonchev–Trinajstić information content (AvgIpc) is 2.31. The van der Waals surface area contributed by atoms with Crippen LogP contribution in [0.3, 0.4) is 0 Å². The average molecular weight is 266 g/mol. The summed E-state index contributed by atoms with van der Waals surface area (Å²) in [5, 5.41) is 0. The molecule has 0 atom stereocenters. The van der Waals surface area contributed by atoms with Crippen LogP contribution in [0.15, 0.2) is 60.7 Å². The van der Waals surface area contributed by atoms with Crippen LogP contribution in [0, 0.1) is 0 Å². The van der Waals surface area contributed by atoms with Crippen molar-refractivity contribution in [3.05, 3.63) is 60.7 Å². The number of rotatable bonds is 4. The van der Waals surface area contributed by atoms with Crippen LogP contribution in [0.25, 0.3) is 0 Å². The summed E-state index contributed by atoms with van der Waals surface area (Å²) in [4.78, 5) is 0. The van der Waals surface area contributed by atoms with Gasteiger partial charge in [-0.25, -0.2) is 9.05 Å². The smallest absolute Gasteiger partial charge is 0.344 e. The van der Waals surface area contributed by atoms with Crippen LogP contribution in [0.4, 0.5) is 0 Å². The minimum atomic E-state index is -2.18. The number of hydrogen-bond donors (Lipinski definition) is 1. The molecule has 0 amide bonds. The third-order valence-electron chi connectivity index (χ3n) is 1.85. The molecule has 0 aliphatic heterocycles. The largest absolute Gasteiger partial charge is 0.805 e. The maximum Gasteiger partial charge on any atom is 0.805 e. The van der Waals surface area contributed by atoms with Gasteiger partial charge in [-0.15, -0.1) is 0 Å². The summed E-state index contributed by atoms with van der Waals surface area (Å²) in [6.07, 6.45) is 0. The second-order valence-electron chi connectivity index (χ2n) is 3.03. The fourth-order valence-corrected chi connectivity index (χ4v) is 1.78. The Morgan fingerprint density at radius 3 is 1.39 bits per heavy atom. The van der Waals surface area contributed by atoms with Crippen LogP contribution in [0.1, 0.15) is 7.43 Å². The third-order valence-corrected chi connectivity index (χ3v) is 2.57. The molecule has 18 heavy (non-hydrogen) atoms. The van der Waals surface area contributed by atoms with Gasteiger partial charge in [-0.05, 0) is 24.3 Å². The highest BCUT2D eigenvalue weighted by Crippen LogP contribution is 2.29. The lowest BCUT2D eigenvalue weighted by Gasteiger charge is -1.92. The van der Waals surface area contributed by atoms with Crippen LogP contribution >= 0.6 is 8.25 Å². The van der Waals surface area contributed by atoms with Crippen LogP contribution in [0.2, 0.25) is 0 Å². The number of hydrogen-bond acceptors (Lipinski definition) is 4. The third kappa shape index (κ3) is 4.95. The summed E-state index contributed by atoms with van der Waals surface area (Å²) in [5.41, 5.74) is 0. The minimum Gasteiger partial charge on any atom is -0.344 e. The first-order valence-corrected chi connectivity index (χ1v) is 5.87. The van der Waals surface area contributed by atoms with Gasteiger partial charge < -0.3 is 6.15 Å². The lowest BCUT2D eigenvalue weighted by molar-refractivity contribution is 0.415. The Hall–Kier alpha value is -1.90. The van der Waals surface area contributed by atoms with Gasteiger partial charge in [0.25, 0.3) is 0 Å². The number of para-hydroxylation sites is 2. The predicted molar refractivity (Wildman–Crippen MR) is 73.5 cm³/mol. The fraction of sp³-hybridized carbons (Fsp3) is 0.0769. The molecule has 2 aromatic carbocycles. The first kappa shape index (κ1) is 16.1. The van der Waals surface area contributed by atoms with Crippen molar-refractivity contribution in [2.75, 3.05) is 0 Å². The monoisotopic (exact) mass is 266 g/mol. The van der Waals surface area contributed by atoms with Gasteiger partial charge in [0.15, 0.2) is 11.5 Å². The van der Waals surface area contributed by atoms with E-state index in [1.807, 2.05) is 12.1 Å². The normalized spacial score (nSPS) is 8.44. The zero-order chi connectivity index (χ0) is 11.2. The van der Waals surface area contributed by atoms with Crippen molar-refractivity contribution in [2.24, 2.45) is 0 Å². The summed E-state index contributed by atoms with van der Waals surface area (Å²) < 4.78 is 21.7. The second-order valence-corrected chi connectivity index (χ2v) is 3.84. The molecule has 0 heterocycles. The Morgan fingerprint density at radius 2 is 1.06 bits per heavy atom. The molecule has 0 fully saturated rings. The van der Waals surface area contributed by atoms with E-state index in [0.29, 0.717) is 11.5 Å². The van der Waals surface area contributed by atoms with E-state index in [0.717, 1.165) is 0 Å². The van der Waals surface area contributed by atoms with E-state index in [-0.39, 0.29) is 13.6 Å². The maximum atomic E-state index is 11.5. The molecule has 0 unspecified atom stereocenters. The topological polar surface area (TPSA) is 70.5 Å². The Balaban J connectivity index is 0.00000144. The molecule has 5 heteroatoms. The zero-order valence-corrected chi connectivity index (χ0v) is 10.0. The molecule has 2 aromatic rings. The van der Waals surface area contributed by atoms with Crippen molar-refractivity contribution in [1.82, 2.24) is 6.15 Å². The minimum absolute atomic E-state index is 0. The lowest BCUT2D eigenvalue weighted by Crippen LogP contribution is -1.87. The van der Waals surface area contributed by atoms with Gasteiger partial charge in [-0.3, -0.25) is 0 Å². The van der Waals surface area contributed by atoms with Crippen molar-refractivity contribution >= 4 is 8.25 Å². The van der Waals surface area contributed by atoms with Gasteiger partial charge in [0, 0.05) is 4.57 Å². The van der Waals surface area contributed by atoms with E-state index in [1.165, 1.54) is 0 Å². The summed E-state index contributed by atoms with van der Waals surface area (Å²) in [6, 6.07) is 17.8. The van der Waals surface area contributed by atoms with Crippen molar-refractivity contribution in [1.29, 1.82) is 0 Å². The van der Waals surface area contributed by atoms with Gasteiger partial charge in [-0.2, -0.15) is 0 Å². The molecular weight excluding hydrogens is 249 g/mol. The molecule has 0 aliphatic rings. The van der Waals surface area contributed by atoms with E-state index in [9.17, 15) is 4.57 Å². The van der Waals surface area contributed by atoms with Crippen molar-refractivity contribution < 1.29 is 13.6 Å². The van der Waals surface area contributed by atoms with E-state index >= 15 is 0 Å². The van der Waals surface area contributed by atoms with Crippen LogP contribution in [-0.4, -0.2) is 0 Å². The predicted octanol–water partition coefficient (Wildman–Crippen LogP) is 4.60. The Labute approximate surface area is 108 Å². The first-order chi connectivity index (χ1) is 7.84.